The fourth-order valence-electron chi connectivity index (χ4n) is 3.32. The minimum atomic E-state index is 0.154. The van der Waals surface area contributed by atoms with Gasteiger partial charge in [0.2, 0.25) is 0 Å². The molecule has 1 aromatic rings. The summed E-state index contributed by atoms with van der Waals surface area (Å²) in [5.41, 5.74) is 3.25. The molecule has 1 atom stereocenters. The monoisotopic (exact) mass is 292 g/mol. The van der Waals surface area contributed by atoms with Crippen molar-refractivity contribution in [2.24, 2.45) is 5.41 Å². The van der Waals surface area contributed by atoms with Crippen molar-refractivity contribution >= 4 is 11.6 Å². The first kappa shape index (κ1) is 15.9. The first-order chi connectivity index (χ1) is 9.39. The van der Waals surface area contributed by atoms with E-state index < -0.39 is 0 Å². The zero-order valence-corrected chi connectivity index (χ0v) is 14.3. The molecule has 1 aromatic carbocycles. The molecule has 1 aliphatic carbocycles. The first-order valence-corrected chi connectivity index (χ1v) is 8.57. The van der Waals surface area contributed by atoms with Gasteiger partial charge in [-0.2, -0.15) is 0 Å². The summed E-state index contributed by atoms with van der Waals surface area (Å²) in [6.07, 6.45) is 7.74. The maximum Gasteiger partial charge on any atom is 0.0638 e. The van der Waals surface area contributed by atoms with Crippen molar-refractivity contribution < 1.29 is 0 Å². The fraction of sp³-hybridized carbons (Fsp3) is 0.684. The van der Waals surface area contributed by atoms with Gasteiger partial charge in [0, 0.05) is 0 Å². The molecule has 20 heavy (non-hydrogen) atoms. The SMILES string of the molecule is CCC(C)(C)c1ccc(C(Cl)C2(C)CCCCC2)cc1. The maximum atomic E-state index is 6.83. The highest BCUT2D eigenvalue weighted by atomic mass is 35.5. The van der Waals surface area contributed by atoms with E-state index in [2.05, 4.69) is 52.0 Å². The van der Waals surface area contributed by atoms with Crippen LogP contribution in [0.1, 0.15) is 82.7 Å². The number of halogens is 1. The van der Waals surface area contributed by atoms with Crippen molar-refractivity contribution in [1.82, 2.24) is 0 Å². The van der Waals surface area contributed by atoms with Gasteiger partial charge in [0.25, 0.3) is 0 Å². The van der Waals surface area contributed by atoms with Crippen LogP contribution in [0.15, 0.2) is 24.3 Å². The van der Waals surface area contributed by atoms with Gasteiger partial charge in [0.1, 0.15) is 0 Å². The predicted molar refractivity (Wildman–Crippen MR) is 89.5 cm³/mol. The molecule has 0 aromatic heterocycles. The molecule has 0 spiro atoms. The van der Waals surface area contributed by atoms with Gasteiger partial charge in [0.05, 0.1) is 5.38 Å². The lowest BCUT2D eigenvalue weighted by atomic mass is 9.71. The molecule has 1 fully saturated rings. The molecule has 0 radical (unpaired) electrons. The van der Waals surface area contributed by atoms with Crippen LogP contribution in [0.25, 0.3) is 0 Å². The summed E-state index contributed by atoms with van der Waals surface area (Å²) in [5, 5.41) is 0.154. The van der Waals surface area contributed by atoms with E-state index >= 15 is 0 Å². The topological polar surface area (TPSA) is 0 Å². The molecule has 0 nitrogen and oxygen atoms in total. The van der Waals surface area contributed by atoms with Crippen LogP contribution in [0.5, 0.6) is 0 Å². The third kappa shape index (κ3) is 3.22. The molecule has 1 aliphatic rings. The Morgan fingerprint density at radius 3 is 2.15 bits per heavy atom. The van der Waals surface area contributed by atoms with Gasteiger partial charge >= 0.3 is 0 Å². The highest BCUT2D eigenvalue weighted by Crippen LogP contribution is 2.49. The highest BCUT2D eigenvalue weighted by Gasteiger charge is 2.35. The van der Waals surface area contributed by atoms with Crippen LogP contribution < -0.4 is 0 Å². The van der Waals surface area contributed by atoms with Gasteiger partial charge in [0.15, 0.2) is 0 Å². The minimum Gasteiger partial charge on any atom is -0.117 e. The van der Waals surface area contributed by atoms with Crippen LogP contribution in [-0.4, -0.2) is 0 Å². The average molecular weight is 293 g/mol. The maximum absolute atomic E-state index is 6.83. The molecule has 0 N–H and O–H groups in total. The van der Waals surface area contributed by atoms with E-state index in [1.54, 1.807) is 0 Å². The van der Waals surface area contributed by atoms with E-state index in [9.17, 15) is 0 Å². The number of rotatable bonds is 4. The van der Waals surface area contributed by atoms with E-state index in [0.717, 1.165) is 6.42 Å². The van der Waals surface area contributed by atoms with E-state index in [1.165, 1.54) is 43.2 Å². The zero-order chi connectivity index (χ0) is 14.8. The Hall–Kier alpha value is -0.490. The number of hydrogen-bond acceptors (Lipinski definition) is 0. The van der Waals surface area contributed by atoms with Crippen LogP contribution >= 0.6 is 11.6 Å². The summed E-state index contributed by atoms with van der Waals surface area (Å²) >= 11 is 6.83. The Morgan fingerprint density at radius 1 is 1.10 bits per heavy atom. The molecule has 2 rings (SSSR count). The van der Waals surface area contributed by atoms with Crippen LogP contribution in [-0.2, 0) is 5.41 Å². The Morgan fingerprint density at radius 2 is 1.65 bits per heavy atom. The van der Waals surface area contributed by atoms with Gasteiger partial charge in [-0.05, 0) is 41.2 Å². The lowest BCUT2D eigenvalue weighted by Gasteiger charge is -2.38. The van der Waals surface area contributed by atoms with Crippen LogP contribution in [0.4, 0.5) is 0 Å². The molecular weight excluding hydrogens is 264 g/mol. The molecule has 0 heterocycles. The highest BCUT2D eigenvalue weighted by molar-refractivity contribution is 6.21. The number of alkyl halides is 1. The summed E-state index contributed by atoms with van der Waals surface area (Å²) in [6.45, 7) is 9.24. The van der Waals surface area contributed by atoms with Gasteiger partial charge in [-0.3, -0.25) is 0 Å². The van der Waals surface area contributed by atoms with Crippen LogP contribution in [0.2, 0.25) is 0 Å². The quantitative estimate of drug-likeness (QED) is 0.547. The van der Waals surface area contributed by atoms with Crippen molar-refractivity contribution in [3.8, 4) is 0 Å². The van der Waals surface area contributed by atoms with Crippen molar-refractivity contribution in [2.45, 2.75) is 77.0 Å². The second kappa shape index (κ2) is 6.10. The van der Waals surface area contributed by atoms with Gasteiger partial charge in [-0.25, -0.2) is 0 Å². The molecule has 0 saturated heterocycles. The van der Waals surface area contributed by atoms with E-state index in [4.69, 9.17) is 11.6 Å². The van der Waals surface area contributed by atoms with Crippen molar-refractivity contribution in [3.63, 3.8) is 0 Å². The van der Waals surface area contributed by atoms with Crippen molar-refractivity contribution in [2.75, 3.05) is 0 Å². The van der Waals surface area contributed by atoms with E-state index in [0.29, 0.717) is 0 Å². The number of benzene rings is 1. The number of hydrogen-bond donors (Lipinski definition) is 0. The molecule has 0 aliphatic heterocycles. The van der Waals surface area contributed by atoms with Gasteiger partial charge in [-0.1, -0.05) is 71.2 Å². The largest absolute Gasteiger partial charge is 0.117 e. The lowest BCUT2D eigenvalue weighted by Crippen LogP contribution is -2.25. The summed E-state index contributed by atoms with van der Waals surface area (Å²) in [6, 6.07) is 9.06. The Bertz CT molecular complexity index is 424. The summed E-state index contributed by atoms with van der Waals surface area (Å²) < 4.78 is 0. The molecule has 1 heteroatoms. The smallest absolute Gasteiger partial charge is 0.0638 e. The zero-order valence-electron chi connectivity index (χ0n) is 13.5. The van der Waals surface area contributed by atoms with Crippen molar-refractivity contribution in [3.05, 3.63) is 35.4 Å². The molecule has 112 valence electrons. The predicted octanol–water partition coefficient (Wildman–Crippen LogP) is 6.62. The molecule has 0 bridgehead atoms. The first-order valence-electron chi connectivity index (χ1n) is 8.13. The molecule has 0 amide bonds. The summed E-state index contributed by atoms with van der Waals surface area (Å²) in [7, 11) is 0. The molecule has 1 saturated carbocycles. The summed E-state index contributed by atoms with van der Waals surface area (Å²) in [4.78, 5) is 0. The normalized spacial score (nSPS) is 20.6. The van der Waals surface area contributed by atoms with Crippen molar-refractivity contribution in [1.29, 1.82) is 0 Å². The van der Waals surface area contributed by atoms with Gasteiger partial charge < -0.3 is 0 Å². The third-order valence-corrected chi connectivity index (χ3v) is 6.26. The standard InChI is InChI=1S/C19H29Cl/c1-5-18(2,3)16-11-9-15(10-12-16)17(20)19(4)13-7-6-8-14-19/h9-12,17H,5-8,13-14H2,1-4H3. The Balaban J connectivity index is 2.17. The Kier molecular flexibility index (Phi) is 4.84. The Labute approximate surface area is 129 Å². The lowest BCUT2D eigenvalue weighted by molar-refractivity contribution is 0.206. The van der Waals surface area contributed by atoms with E-state index in [-0.39, 0.29) is 16.2 Å². The molecule has 1 unspecified atom stereocenters. The van der Waals surface area contributed by atoms with Gasteiger partial charge in [-0.15, -0.1) is 11.6 Å². The minimum absolute atomic E-state index is 0.154. The van der Waals surface area contributed by atoms with Crippen LogP contribution in [0.3, 0.4) is 0 Å². The third-order valence-electron chi connectivity index (χ3n) is 5.48. The molecular formula is C19H29Cl. The second-order valence-electron chi connectivity index (χ2n) is 7.44. The van der Waals surface area contributed by atoms with E-state index in [1.807, 2.05) is 0 Å². The summed E-state index contributed by atoms with van der Waals surface area (Å²) in [5.74, 6) is 0. The van der Waals surface area contributed by atoms with Crippen LogP contribution in [0, 0.1) is 5.41 Å². The average Bonchev–Trinajstić information content (AvgIpc) is 2.47. The second-order valence-corrected chi connectivity index (χ2v) is 7.87. The fourth-order valence-corrected chi connectivity index (χ4v) is 3.69.